The molecule has 2 heterocycles. The number of fused-ring (bicyclic) bond motifs is 7. The predicted octanol–water partition coefficient (Wildman–Crippen LogP) is 5.56. The van der Waals surface area contributed by atoms with Crippen LogP contribution >= 0.6 is 0 Å². The molecule has 0 amide bonds. The number of halogens is 3. The number of hydrogen-bond acceptors (Lipinski definition) is 6. The summed E-state index contributed by atoms with van der Waals surface area (Å²) in [4.78, 5) is 10.7. The molecule has 2 aromatic carbocycles. The van der Waals surface area contributed by atoms with Crippen molar-refractivity contribution in [3.05, 3.63) is 72.4 Å². The largest absolute Gasteiger partial charge is 0.573 e. The molecular formula is C24H23F3N4O2. The Hall–Kier alpha value is -3.59. The molecule has 6 bridgehead atoms. The standard InChI is InChI=1S/C24H23F3N4O2/c1-31-12-3-2-4-13-32-20-7-5-6-17(15-20)21-10-11-28-23(30-21)29-19-8-9-22(18(14-19)16-31)33-24(25,26)27/h2-3,5-11,14-15H,4,12-13,16H2,1H3,(H,28,29,30). The molecule has 0 aliphatic carbocycles. The maximum absolute atomic E-state index is 12.9. The Morgan fingerprint density at radius 1 is 1.09 bits per heavy atom. The minimum absolute atomic E-state index is 0.238. The fraction of sp³-hybridized carbons (Fsp3) is 0.250. The lowest BCUT2D eigenvalue weighted by Crippen LogP contribution is -2.21. The zero-order valence-corrected chi connectivity index (χ0v) is 18.0. The summed E-state index contributed by atoms with van der Waals surface area (Å²) in [5, 5.41) is 3.08. The van der Waals surface area contributed by atoms with E-state index in [1.54, 1.807) is 18.3 Å². The van der Waals surface area contributed by atoms with Crippen molar-refractivity contribution in [2.75, 3.05) is 25.5 Å². The molecule has 1 aromatic heterocycles. The Bertz CT molecular complexity index is 1130. The fourth-order valence-corrected chi connectivity index (χ4v) is 3.43. The summed E-state index contributed by atoms with van der Waals surface area (Å²) in [5.74, 6) is 0.835. The van der Waals surface area contributed by atoms with Crippen LogP contribution in [0.15, 0.2) is 66.9 Å². The van der Waals surface area contributed by atoms with Crippen LogP contribution in [0.1, 0.15) is 12.0 Å². The highest BCUT2D eigenvalue weighted by Gasteiger charge is 2.32. The molecule has 4 rings (SSSR count). The lowest BCUT2D eigenvalue weighted by Gasteiger charge is -2.19. The number of benzene rings is 2. The number of nitrogens with zero attached hydrogens (tertiary/aromatic N) is 3. The van der Waals surface area contributed by atoms with Crippen molar-refractivity contribution in [2.24, 2.45) is 0 Å². The van der Waals surface area contributed by atoms with Gasteiger partial charge in [-0.3, -0.25) is 4.90 Å². The Kier molecular flexibility index (Phi) is 6.79. The Morgan fingerprint density at radius 3 is 2.82 bits per heavy atom. The van der Waals surface area contributed by atoms with Crippen LogP contribution in [0, 0.1) is 0 Å². The molecule has 1 N–H and O–H groups in total. The molecule has 3 aromatic rings. The van der Waals surface area contributed by atoms with Crippen LogP contribution in [0.4, 0.5) is 24.8 Å². The van der Waals surface area contributed by atoms with Gasteiger partial charge in [0.1, 0.15) is 11.5 Å². The van der Waals surface area contributed by atoms with Gasteiger partial charge in [-0.25, -0.2) is 9.97 Å². The molecule has 0 unspecified atom stereocenters. The Morgan fingerprint density at radius 2 is 1.97 bits per heavy atom. The van der Waals surface area contributed by atoms with Gasteiger partial charge in [0, 0.05) is 36.1 Å². The maximum Gasteiger partial charge on any atom is 0.573 e. The summed E-state index contributed by atoms with van der Waals surface area (Å²) in [5.41, 5.74) is 2.50. The summed E-state index contributed by atoms with van der Waals surface area (Å²) >= 11 is 0. The first-order chi connectivity index (χ1) is 15.9. The highest BCUT2D eigenvalue weighted by Crippen LogP contribution is 2.31. The quantitative estimate of drug-likeness (QED) is 0.484. The van der Waals surface area contributed by atoms with Gasteiger partial charge in [-0.15, -0.1) is 13.2 Å². The van der Waals surface area contributed by atoms with Crippen molar-refractivity contribution in [1.82, 2.24) is 14.9 Å². The zero-order valence-electron chi connectivity index (χ0n) is 18.0. The van der Waals surface area contributed by atoms with E-state index in [2.05, 4.69) is 20.0 Å². The van der Waals surface area contributed by atoms with E-state index in [1.165, 1.54) is 12.1 Å². The molecule has 0 radical (unpaired) electrons. The number of likely N-dealkylation sites (N-methyl/N-ethyl adjacent to an activating group) is 1. The molecule has 1 aliphatic rings. The van der Waals surface area contributed by atoms with Crippen LogP contribution in [-0.4, -0.2) is 41.4 Å². The van der Waals surface area contributed by atoms with E-state index < -0.39 is 6.36 Å². The van der Waals surface area contributed by atoms with Crippen LogP contribution in [-0.2, 0) is 6.54 Å². The molecule has 0 fully saturated rings. The molecule has 1 aliphatic heterocycles. The second-order valence-corrected chi connectivity index (χ2v) is 7.59. The molecule has 0 atom stereocenters. The zero-order chi connectivity index (χ0) is 23.3. The number of rotatable bonds is 1. The predicted molar refractivity (Wildman–Crippen MR) is 119 cm³/mol. The third kappa shape index (κ3) is 6.45. The van der Waals surface area contributed by atoms with Gasteiger partial charge in [0.2, 0.25) is 5.95 Å². The minimum atomic E-state index is -4.78. The number of aromatic nitrogens is 2. The van der Waals surface area contributed by atoms with E-state index in [-0.39, 0.29) is 12.3 Å². The first-order valence-corrected chi connectivity index (χ1v) is 10.4. The molecule has 33 heavy (non-hydrogen) atoms. The highest BCUT2D eigenvalue weighted by atomic mass is 19.4. The van der Waals surface area contributed by atoms with E-state index in [0.717, 1.165) is 11.3 Å². The van der Waals surface area contributed by atoms with Gasteiger partial charge in [-0.1, -0.05) is 24.3 Å². The van der Waals surface area contributed by atoms with Gasteiger partial charge in [0.15, 0.2) is 0 Å². The second-order valence-electron chi connectivity index (χ2n) is 7.59. The topological polar surface area (TPSA) is 59.5 Å². The van der Waals surface area contributed by atoms with Crippen molar-refractivity contribution < 1.29 is 22.6 Å². The van der Waals surface area contributed by atoms with E-state index in [9.17, 15) is 13.2 Å². The third-order valence-electron chi connectivity index (χ3n) is 4.90. The van der Waals surface area contributed by atoms with Crippen LogP contribution in [0.3, 0.4) is 0 Å². The average Bonchev–Trinajstić information content (AvgIpc) is 2.77. The van der Waals surface area contributed by atoms with Gasteiger partial charge in [-0.05, 0) is 49.9 Å². The molecular weight excluding hydrogens is 433 g/mol. The van der Waals surface area contributed by atoms with Crippen LogP contribution in [0.25, 0.3) is 11.3 Å². The maximum atomic E-state index is 12.9. The van der Waals surface area contributed by atoms with Crippen molar-refractivity contribution >= 4 is 11.6 Å². The van der Waals surface area contributed by atoms with E-state index >= 15 is 0 Å². The minimum Gasteiger partial charge on any atom is -0.493 e. The smallest absolute Gasteiger partial charge is 0.493 e. The van der Waals surface area contributed by atoms with Crippen LogP contribution < -0.4 is 14.8 Å². The van der Waals surface area contributed by atoms with E-state index in [1.807, 2.05) is 48.4 Å². The molecule has 9 heteroatoms. The van der Waals surface area contributed by atoms with Crippen LogP contribution in [0.5, 0.6) is 11.5 Å². The first kappa shape index (κ1) is 22.6. The van der Waals surface area contributed by atoms with Gasteiger partial charge < -0.3 is 14.8 Å². The number of ether oxygens (including phenoxy) is 2. The van der Waals surface area contributed by atoms with Crippen molar-refractivity contribution in [3.63, 3.8) is 0 Å². The molecule has 172 valence electrons. The summed E-state index contributed by atoms with van der Waals surface area (Å²) < 4.78 is 48.8. The first-order valence-electron chi connectivity index (χ1n) is 10.4. The highest BCUT2D eigenvalue weighted by molar-refractivity contribution is 5.64. The summed E-state index contributed by atoms with van der Waals surface area (Å²) in [6, 6.07) is 13.8. The SMILES string of the molecule is CN1CC=CCCOc2cccc(c2)-c2ccnc(n2)Nc2ccc(OC(F)(F)F)c(c2)C1. The monoisotopic (exact) mass is 456 g/mol. The van der Waals surface area contributed by atoms with Gasteiger partial charge in [0.25, 0.3) is 0 Å². The van der Waals surface area contributed by atoms with Gasteiger partial charge >= 0.3 is 6.36 Å². The van der Waals surface area contributed by atoms with Crippen LogP contribution in [0.2, 0.25) is 0 Å². The summed E-state index contributed by atoms with van der Waals surface area (Å²) in [6.45, 7) is 1.32. The molecule has 0 spiro atoms. The van der Waals surface area contributed by atoms with Gasteiger partial charge in [-0.2, -0.15) is 0 Å². The van der Waals surface area contributed by atoms with Crippen molar-refractivity contribution in [2.45, 2.75) is 19.3 Å². The molecule has 0 saturated carbocycles. The number of hydrogen-bond donors (Lipinski definition) is 1. The molecule has 6 nitrogen and oxygen atoms in total. The second kappa shape index (κ2) is 9.91. The normalized spacial score (nSPS) is 15.0. The number of alkyl halides is 3. The number of nitrogens with one attached hydrogen (secondary N) is 1. The lowest BCUT2D eigenvalue weighted by atomic mass is 10.1. The number of anilines is 2. The average molecular weight is 456 g/mol. The van der Waals surface area contributed by atoms with E-state index in [0.29, 0.717) is 42.5 Å². The summed E-state index contributed by atoms with van der Waals surface area (Å²) in [7, 11) is 1.83. The van der Waals surface area contributed by atoms with Gasteiger partial charge in [0.05, 0.1) is 12.3 Å². The molecule has 0 saturated heterocycles. The Balaban J connectivity index is 1.70. The van der Waals surface area contributed by atoms with Crippen molar-refractivity contribution in [1.29, 1.82) is 0 Å². The summed E-state index contributed by atoms with van der Waals surface area (Å²) in [6.07, 6.45) is 1.51. The van der Waals surface area contributed by atoms with E-state index in [4.69, 9.17) is 4.74 Å². The lowest BCUT2D eigenvalue weighted by molar-refractivity contribution is -0.275. The Labute approximate surface area is 189 Å². The third-order valence-corrected chi connectivity index (χ3v) is 4.90. The van der Waals surface area contributed by atoms with Crippen molar-refractivity contribution in [3.8, 4) is 22.8 Å². The fourth-order valence-electron chi connectivity index (χ4n) is 3.43.